The van der Waals surface area contributed by atoms with Crippen molar-refractivity contribution >= 4 is 11.6 Å². The number of alkyl halides is 1. The predicted molar refractivity (Wildman–Crippen MR) is 60.6 cm³/mol. The third kappa shape index (κ3) is 2.74. The van der Waals surface area contributed by atoms with Crippen molar-refractivity contribution in [2.45, 2.75) is 45.5 Å². The first-order valence-corrected chi connectivity index (χ1v) is 5.79. The van der Waals surface area contributed by atoms with Crippen molar-refractivity contribution < 1.29 is 0 Å². The minimum atomic E-state index is 0.501. The van der Waals surface area contributed by atoms with Gasteiger partial charge >= 0.3 is 0 Å². The first kappa shape index (κ1) is 11.6. The van der Waals surface area contributed by atoms with E-state index in [0.717, 1.165) is 11.6 Å². The van der Waals surface area contributed by atoms with Gasteiger partial charge in [-0.05, 0) is 19.3 Å². The van der Waals surface area contributed by atoms with Crippen molar-refractivity contribution in [2.75, 3.05) is 0 Å². The molecule has 2 unspecified atom stereocenters. The van der Waals surface area contributed by atoms with Crippen LogP contribution in [0.3, 0.4) is 0 Å². The third-order valence-electron chi connectivity index (χ3n) is 2.80. The molecule has 0 fully saturated rings. The van der Waals surface area contributed by atoms with Crippen molar-refractivity contribution in [2.24, 2.45) is 5.92 Å². The third-order valence-corrected chi connectivity index (χ3v) is 3.07. The molecule has 2 atom stereocenters. The monoisotopic (exact) mass is 214 g/mol. The van der Waals surface area contributed by atoms with E-state index in [1.807, 2.05) is 12.5 Å². The molecule has 0 aliphatic heterocycles. The average molecular weight is 215 g/mol. The summed E-state index contributed by atoms with van der Waals surface area (Å²) in [5, 5.41) is 0. The summed E-state index contributed by atoms with van der Waals surface area (Å²) in [6.45, 7) is 6.74. The van der Waals surface area contributed by atoms with Crippen LogP contribution in [-0.2, 0) is 5.88 Å². The van der Waals surface area contributed by atoms with E-state index < -0.39 is 0 Å². The zero-order valence-corrected chi connectivity index (χ0v) is 9.96. The Kier molecular flexibility index (Phi) is 4.46. The Bertz CT molecular complexity index is 270. The van der Waals surface area contributed by atoms with Crippen molar-refractivity contribution in [1.29, 1.82) is 0 Å². The molecular weight excluding hydrogens is 196 g/mol. The molecule has 80 valence electrons. The van der Waals surface area contributed by atoms with Crippen LogP contribution in [0.2, 0.25) is 0 Å². The van der Waals surface area contributed by atoms with Gasteiger partial charge in [0.1, 0.15) is 0 Å². The molecule has 0 bridgehead atoms. The molecule has 1 aromatic rings. The molecule has 1 rings (SSSR count). The first-order chi connectivity index (χ1) is 6.69. The van der Waals surface area contributed by atoms with E-state index in [9.17, 15) is 0 Å². The van der Waals surface area contributed by atoms with Crippen molar-refractivity contribution in [3.63, 3.8) is 0 Å². The van der Waals surface area contributed by atoms with Gasteiger partial charge in [-0.25, -0.2) is 4.98 Å². The lowest BCUT2D eigenvalue weighted by Gasteiger charge is -2.19. The van der Waals surface area contributed by atoms with Crippen LogP contribution in [0.1, 0.15) is 45.3 Å². The van der Waals surface area contributed by atoms with E-state index in [4.69, 9.17) is 11.6 Å². The van der Waals surface area contributed by atoms with Crippen LogP contribution in [0.25, 0.3) is 0 Å². The van der Waals surface area contributed by atoms with Gasteiger partial charge < -0.3 is 4.57 Å². The molecule has 14 heavy (non-hydrogen) atoms. The van der Waals surface area contributed by atoms with E-state index in [1.165, 1.54) is 12.8 Å². The fraction of sp³-hybridized carbons (Fsp3) is 0.727. The van der Waals surface area contributed by atoms with Crippen LogP contribution < -0.4 is 0 Å². The lowest BCUT2D eigenvalue weighted by molar-refractivity contribution is 0.393. The highest BCUT2D eigenvalue weighted by molar-refractivity contribution is 6.16. The van der Waals surface area contributed by atoms with E-state index in [0.29, 0.717) is 11.9 Å². The van der Waals surface area contributed by atoms with Gasteiger partial charge in [0.15, 0.2) is 0 Å². The number of hydrogen-bond acceptors (Lipinski definition) is 1. The maximum Gasteiger partial charge on any atom is 0.0951 e. The van der Waals surface area contributed by atoms with E-state index in [1.54, 1.807) is 0 Å². The number of halogens is 1. The maximum absolute atomic E-state index is 5.83. The first-order valence-electron chi connectivity index (χ1n) is 5.25. The highest BCUT2D eigenvalue weighted by atomic mass is 35.5. The fourth-order valence-electron chi connectivity index (χ4n) is 1.69. The molecule has 2 nitrogen and oxygen atoms in total. The second kappa shape index (κ2) is 5.40. The van der Waals surface area contributed by atoms with Gasteiger partial charge in [0.25, 0.3) is 0 Å². The topological polar surface area (TPSA) is 17.8 Å². The molecule has 0 aliphatic carbocycles. The Balaban J connectivity index is 2.64. The SMILES string of the molecule is CCC(C)CC(C)n1cncc1CCl. The number of hydrogen-bond donors (Lipinski definition) is 0. The van der Waals surface area contributed by atoms with Crippen LogP contribution in [0.4, 0.5) is 0 Å². The molecule has 0 spiro atoms. The fourth-order valence-corrected chi connectivity index (χ4v) is 1.90. The van der Waals surface area contributed by atoms with E-state index in [2.05, 4.69) is 30.3 Å². The Morgan fingerprint density at radius 2 is 2.21 bits per heavy atom. The summed E-state index contributed by atoms with van der Waals surface area (Å²) in [6, 6.07) is 0.501. The normalized spacial score (nSPS) is 15.4. The molecule has 0 saturated heterocycles. The molecule has 1 aromatic heterocycles. The summed E-state index contributed by atoms with van der Waals surface area (Å²) in [5.74, 6) is 1.31. The number of aromatic nitrogens is 2. The number of rotatable bonds is 5. The minimum absolute atomic E-state index is 0.501. The van der Waals surface area contributed by atoms with Gasteiger partial charge in [0.2, 0.25) is 0 Å². The van der Waals surface area contributed by atoms with Crippen LogP contribution >= 0.6 is 11.6 Å². The second-order valence-corrected chi connectivity index (χ2v) is 4.29. The quantitative estimate of drug-likeness (QED) is 0.685. The minimum Gasteiger partial charge on any atom is -0.331 e. The number of imidazole rings is 1. The van der Waals surface area contributed by atoms with Crippen molar-refractivity contribution in [3.8, 4) is 0 Å². The molecule has 0 amide bonds. The molecule has 0 radical (unpaired) electrons. The summed E-state index contributed by atoms with van der Waals surface area (Å²) >= 11 is 5.83. The predicted octanol–water partition coefficient (Wildman–Crippen LogP) is 3.62. The molecule has 1 heterocycles. The second-order valence-electron chi connectivity index (χ2n) is 4.02. The van der Waals surface area contributed by atoms with E-state index in [-0.39, 0.29) is 0 Å². The van der Waals surface area contributed by atoms with Crippen LogP contribution in [0, 0.1) is 5.92 Å². The molecule has 0 N–H and O–H groups in total. The Labute approximate surface area is 91.3 Å². The van der Waals surface area contributed by atoms with Crippen LogP contribution in [0.15, 0.2) is 12.5 Å². The van der Waals surface area contributed by atoms with Gasteiger partial charge in [-0.15, -0.1) is 11.6 Å². The van der Waals surface area contributed by atoms with Gasteiger partial charge in [-0.1, -0.05) is 20.3 Å². The molecule has 0 saturated carbocycles. The van der Waals surface area contributed by atoms with Gasteiger partial charge in [0, 0.05) is 12.2 Å². The highest BCUT2D eigenvalue weighted by Gasteiger charge is 2.11. The average Bonchev–Trinajstić information content (AvgIpc) is 2.65. The Morgan fingerprint density at radius 1 is 1.50 bits per heavy atom. The van der Waals surface area contributed by atoms with Crippen molar-refractivity contribution in [1.82, 2.24) is 9.55 Å². The van der Waals surface area contributed by atoms with Crippen LogP contribution in [0.5, 0.6) is 0 Å². The summed E-state index contributed by atoms with van der Waals surface area (Å²) in [4.78, 5) is 4.13. The highest BCUT2D eigenvalue weighted by Crippen LogP contribution is 2.21. The van der Waals surface area contributed by atoms with Gasteiger partial charge in [0.05, 0.1) is 17.9 Å². The molecule has 0 aromatic carbocycles. The molecular formula is C11H19ClN2. The smallest absolute Gasteiger partial charge is 0.0951 e. The summed E-state index contributed by atoms with van der Waals surface area (Å²) in [6.07, 6.45) is 6.15. The zero-order valence-electron chi connectivity index (χ0n) is 9.20. The van der Waals surface area contributed by atoms with Crippen LogP contribution in [-0.4, -0.2) is 9.55 Å². The van der Waals surface area contributed by atoms with Crippen molar-refractivity contribution in [3.05, 3.63) is 18.2 Å². The van der Waals surface area contributed by atoms with Gasteiger partial charge in [-0.2, -0.15) is 0 Å². The summed E-state index contributed by atoms with van der Waals surface area (Å²) in [7, 11) is 0. The summed E-state index contributed by atoms with van der Waals surface area (Å²) in [5.41, 5.74) is 1.11. The Morgan fingerprint density at radius 3 is 2.79 bits per heavy atom. The standard InChI is InChI=1S/C11H19ClN2/c1-4-9(2)5-10(3)14-8-13-7-11(14)6-12/h7-10H,4-6H2,1-3H3. The zero-order chi connectivity index (χ0) is 10.6. The molecule has 3 heteroatoms. The van der Waals surface area contributed by atoms with Gasteiger partial charge in [-0.3, -0.25) is 0 Å². The molecule has 0 aliphatic rings. The maximum atomic E-state index is 5.83. The Hall–Kier alpha value is -0.500. The largest absolute Gasteiger partial charge is 0.331 e. The number of nitrogens with zero attached hydrogens (tertiary/aromatic N) is 2. The van der Waals surface area contributed by atoms with E-state index >= 15 is 0 Å². The lowest BCUT2D eigenvalue weighted by atomic mass is 10.0. The lowest BCUT2D eigenvalue weighted by Crippen LogP contribution is -2.10. The summed E-state index contributed by atoms with van der Waals surface area (Å²) < 4.78 is 2.18.